The van der Waals surface area contributed by atoms with E-state index in [0.29, 0.717) is 0 Å². The van der Waals surface area contributed by atoms with E-state index in [4.69, 9.17) is 28.4 Å². The molecule has 22 nitrogen and oxygen atoms in total. The van der Waals surface area contributed by atoms with Crippen molar-refractivity contribution >= 4 is 12.2 Å². The van der Waals surface area contributed by atoms with Gasteiger partial charge in [-0.3, -0.25) is 4.79 Å². The smallest absolute Gasteiger partial charge is 0.217 e. The largest absolute Gasteiger partial charge is 0.394 e. The summed E-state index contributed by atoms with van der Waals surface area (Å²) in [7, 11) is 0. The Kier molecular flexibility index (Phi) is 15.3. The van der Waals surface area contributed by atoms with Crippen LogP contribution in [0.15, 0.2) is 0 Å². The average molecular weight is 708 g/mol. The molecule has 14 N–H and O–H groups in total. The number of aliphatic hydroxyl groups excluding tert-OH is 13. The normalized spacial score (nSPS) is 43.2. The van der Waals surface area contributed by atoms with Crippen LogP contribution in [0, 0.1) is 0 Å². The van der Waals surface area contributed by atoms with Crippen LogP contribution in [-0.4, -0.2) is 221 Å². The minimum atomic E-state index is -2.18. The van der Waals surface area contributed by atoms with E-state index >= 15 is 0 Å². The van der Waals surface area contributed by atoms with Gasteiger partial charge in [0.25, 0.3) is 0 Å². The number of ether oxygens (including phenoxy) is 6. The van der Waals surface area contributed by atoms with Crippen molar-refractivity contribution in [1.29, 1.82) is 0 Å². The number of nitrogens with one attached hydrogen (secondary N) is 1. The third-order valence-electron chi connectivity index (χ3n) is 8.16. The van der Waals surface area contributed by atoms with Crippen molar-refractivity contribution in [3.05, 3.63) is 0 Å². The number of rotatable bonds is 15. The van der Waals surface area contributed by atoms with Crippen LogP contribution in [-0.2, 0) is 38.0 Å². The predicted molar refractivity (Wildman–Crippen MR) is 147 cm³/mol. The molecule has 0 radical (unpaired) electrons. The summed E-state index contributed by atoms with van der Waals surface area (Å²) < 4.78 is 33.2. The van der Waals surface area contributed by atoms with Crippen LogP contribution < -0.4 is 5.32 Å². The summed E-state index contributed by atoms with van der Waals surface area (Å²) in [6, 6.07) is -1.64. The van der Waals surface area contributed by atoms with Gasteiger partial charge in [0, 0.05) is 6.92 Å². The second-order valence-electron chi connectivity index (χ2n) is 11.5. The predicted octanol–water partition coefficient (Wildman–Crippen LogP) is -9.76. The molecule has 19 unspecified atom stereocenters. The number of aliphatic hydroxyl groups is 13. The summed E-state index contributed by atoms with van der Waals surface area (Å²) in [5, 5.41) is 135. The topological polar surface area (TPSA) is 365 Å². The highest BCUT2D eigenvalue weighted by atomic mass is 16.7. The van der Waals surface area contributed by atoms with Crippen molar-refractivity contribution in [2.24, 2.45) is 0 Å². The third kappa shape index (κ3) is 8.99. The van der Waals surface area contributed by atoms with Gasteiger partial charge >= 0.3 is 0 Å². The number of carbonyl (C=O) groups excluding carboxylic acids is 2. The summed E-state index contributed by atoms with van der Waals surface area (Å²) in [5.41, 5.74) is 0. The zero-order chi connectivity index (χ0) is 36.0. The first-order chi connectivity index (χ1) is 22.6. The SMILES string of the molecule is CC(=O)NC1C(OC2C(O)C(CO)OC(OC(C(O)CO)C(O)C(O)C=O)C2O)OC(CO)C(O)C1OC1OC(CO)C(O)C(O)C1O. The molecule has 3 heterocycles. The van der Waals surface area contributed by atoms with Crippen molar-refractivity contribution in [3.8, 4) is 0 Å². The quantitative estimate of drug-likeness (QED) is 0.0702. The van der Waals surface area contributed by atoms with Gasteiger partial charge in [-0.15, -0.1) is 0 Å². The first-order valence-corrected chi connectivity index (χ1v) is 14.9. The lowest BCUT2D eigenvalue weighted by molar-refractivity contribution is -0.371. The molecule has 22 heteroatoms. The first kappa shape index (κ1) is 40.8. The Labute approximate surface area is 272 Å². The lowest BCUT2D eigenvalue weighted by Gasteiger charge is -2.49. The fourth-order valence-electron chi connectivity index (χ4n) is 5.48. The lowest BCUT2D eigenvalue weighted by atomic mass is 9.94. The van der Waals surface area contributed by atoms with Gasteiger partial charge in [0.05, 0.1) is 26.4 Å². The van der Waals surface area contributed by atoms with E-state index < -0.39 is 149 Å². The van der Waals surface area contributed by atoms with Gasteiger partial charge in [-0.25, -0.2) is 0 Å². The van der Waals surface area contributed by atoms with Crippen LogP contribution in [0.2, 0.25) is 0 Å². The third-order valence-corrected chi connectivity index (χ3v) is 8.16. The van der Waals surface area contributed by atoms with Gasteiger partial charge in [-0.1, -0.05) is 0 Å². The van der Waals surface area contributed by atoms with E-state index in [9.17, 15) is 76.0 Å². The van der Waals surface area contributed by atoms with E-state index in [1.54, 1.807) is 0 Å². The van der Waals surface area contributed by atoms with Crippen molar-refractivity contribution in [1.82, 2.24) is 5.32 Å². The van der Waals surface area contributed by atoms with Crippen molar-refractivity contribution < 1.29 is 104 Å². The van der Waals surface area contributed by atoms with E-state index in [1.807, 2.05) is 0 Å². The molecule has 48 heavy (non-hydrogen) atoms. The second kappa shape index (κ2) is 18.0. The Balaban J connectivity index is 1.94. The van der Waals surface area contributed by atoms with Crippen LogP contribution in [0.1, 0.15) is 6.92 Å². The lowest BCUT2D eigenvalue weighted by Crippen LogP contribution is -2.70. The molecule has 3 rings (SSSR count). The molecule has 0 spiro atoms. The Bertz CT molecular complexity index is 1010. The van der Waals surface area contributed by atoms with E-state index in [1.165, 1.54) is 0 Å². The molecule has 0 aromatic rings. The number of carbonyl (C=O) groups is 2. The maximum Gasteiger partial charge on any atom is 0.217 e. The van der Waals surface area contributed by atoms with E-state index in [2.05, 4.69) is 5.32 Å². The highest BCUT2D eigenvalue weighted by Crippen LogP contribution is 2.33. The van der Waals surface area contributed by atoms with Crippen LogP contribution >= 0.6 is 0 Å². The van der Waals surface area contributed by atoms with Crippen LogP contribution in [0.5, 0.6) is 0 Å². The summed E-state index contributed by atoms with van der Waals surface area (Å²) in [4.78, 5) is 23.3. The monoisotopic (exact) mass is 707 g/mol. The van der Waals surface area contributed by atoms with Crippen molar-refractivity contribution in [2.75, 3.05) is 26.4 Å². The molecule has 0 aromatic carbocycles. The van der Waals surface area contributed by atoms with Crippen LogP contribution in [0.3, 0.4) is 0 Å². The Hall–Kier alpha value is -1.62. The highest BCUT2D eigenvalue weighted by molar-refractivity contribution is 5.73. The number of hydrogen-bond acceptors (Lipinski definition) is 21. The average Bonchev–Trinajstić information content (AvgIpc) is 3.07. The molecule has 280 valence electrons. The molecule has 0 aliphatic carbocycles. The second-order valence-corrected chi connectivity index (χ2v) is 11.5. The molecule has 0 aromatic heterocycles. The summed E-state index contributed by atoms with van der Waals surface area (Å²) in [6.07, 6.45) is -34.1. The zero-order valence-electron chi connectivity index (χ0n) is 25.5. The maximum absolute atomic E-state index is 12.3. The first-order valence-electron chi connectivity index (χ1n) is 14.9. The number of hydrogen-bond donors (Lipinski definition) is 14. The molecule has 0 bridgehead atoms. The van der Waals surface area contributed by atoms with Gasteiger partial charge < -0.3 is 105 Å². The van der Waals surface area contributed by atoms with Crippen LogP contribution in [0.25, 0.3) is 0 Å². The van der Waals surface area contributed by atoms with Crippen molar-refractivity contribution in [3.63, 3.8) is 0 Å². The number of amides is 1. The molecule has 19 atom stereocenters. The van der Waals surface area contributed by atoms with Crippen LogP contribution in [0.4, 0.5) is 0 Å². The van der Waals surface area contributed by atoms with E-state index in [0.717, 1.165) is 6.92 Å². The fraction of sp³-hybridized carbons (Fsp3) is 0.923. The molecule has 3 aliphatic heterocycles. The molecule has 3 aliphatic rings. The van der Waals surface area contributed by atoms with Gasteiger partial charge in [0.15, 0.2) is 25.2 Å². The minimum Gasteiger partial charge on any atom is -0.394 e. The Morgan fingerprint density at radius 1 is 0.708 bits per heavy atom. The highest BCUT2D eigenvalue weighted by Gasteiger charge is 2.55. The molecule has 1 amide bonds. The summed E-state index contributed by atoms with van der Waals surface area (Å²) in [5.74, 6) is -0.791. The van der Waals surface area contributed by atoms with E-state index in [-0.39, 0.29) is 6.29 Å². The van der Waals surface area contributed by atoms with Gasteiger partial charge in [-0.2, -0.15) is 0 Å². The zero-order valence-corrected chi connectivity index (χ0v) is 25.5. The molecular weight excluding hydrogens is 662 g/mol. The molecule has 3 fully saturated rings. The minimum absolute atomic E-state index is 0.104. The summed E-state index contributed by atoms with van der Waals surface area (Å²) >= 11 is 0. The molecule has 3 saturated heterocycles. The van der Waals surface area contributed by atoms with Gasteiger partial charge in [0.2, 0.25) is 5.91 Å². The molecular formula is C26H45NO21. The summed E-state index contributed by atoms with van der Waals surface area (Å²) in [6.45, 7) is -2.76. The molecule has 0 saturated carbocycles. The Morgan fingerprint density at radius 3 is 1.73 bits per heavy atom. The van der Waals surface area contributed by atoms with Gasteiger partial charge in [-0.05, 0) is 0 Å². The van der Waals surface area contributed by atoms with Gasteiger partial charge in [0.1, 0.15) is 97.6 Å². The van der Waals surface area contributed by atoms with Crippen molar-refractivity contribution in [2.45, 2.75) is 123 Å². The standard InChI is InChI=1S/C26H45NO21/c1-7(33)27-13-22(47-25-19(41)18(40)15(37)10(4-30)44-25)16(38)11(5-31)43-24(13)48-23-17(39)12(6-32)45-26(20(23)42)46-21(9(35)3-29)14(36)8(34)2-28/h2,8-26,29-32,34-42H,3-6H2,1H3,(H,27,33). The Morgan fingerprint density at radius 2 is 1.21 bits per heavy atom. The maximum atomic E-state index is 12.3. The fourth-order valence-corrected chi connectivity index (χ4v) is 5.48. The number of aldehydes is 1.